The highest BCUT2D eigenvalue weighted by molar-refractivity contribution is 6.36. The maximum absolute atomic E-state index is 15.3. The zero-order valence-electron chi connectivity index (χ0n) is 27.3. The largest absolute Gasteiger partial charge is 0.491 e. The number of hydrogen-bond donors (Lipinski definition) is 0. The third-order valence-corrected chi connectivity index (χ3v) is 10.1. The first-order chi connectivity index (χ1) is 19.6. The van der Waals surface area contributed by atoms with Crippen molar-refractivity contribution in [2.75, 3.05) is 0 Å². The molecule has 0 unspecified atom stereocenters. The van der Waals surface area contributed by atoms with Crippen LogP contribution < -0.4 is 0 Å². The quantitative estimate of drug-likeness (QED) is 0.169. The lowest BCUT2D eigenvalue weighted by Gasteiger charge is -2.61. The van der Waals surface area contributed by atoms with Gasteiger partial charge < -0.3 is 4.74 Å². The van der Waals surface area contributed by atoms with Gasteiger partial charge in [0.05, 0.1) is 5.41 Å². The van der Waals surface area contributed by atoms with Crippen LogP contribution in [0.5, 0.6) is 0 Å². The molecular weight excluding hydrogens is 520 g/mol. The van der Waals surface area contributed by atoms with Gasteiger partial charge in [0, 0.05) is 11.1 Å². The summed E-state index contributed by atoms with van der Waals surface area (Å²) in [6.07, 6.45) is 11.3. The minimum absolute atomic E-state index is 0.0798. The molecule has 0 saturated heterocycles. The number of benzene rings is 1. The molecule has 0 aromatic heterocycles. The zero-order valence-corrected chi connectivity index (χ0v) is 27.3. The van der Waals surface area contributed by atoms with E-state index in [1.54, 1.807) is 24.3 Å². The predicted molar refractivity (Wildman–Crippen MR) is 170 cm³/mol. The van der Waals surface area contributed by atoms with Crippen LogP contribution in [0.25, 0.3) is 0 Å². The second kappa shape index (κ2) is 11.6. The van der Waals surface area contributed by atoms with E-state index in [-0.39, 0.29) is 23.3 Å². The Morgan fingerprint density at radius 3 is 2.19 bits per heavy atom. The highest BCUT2D eigenvalue weighted by atomic mass is 16.5. The van der Waals surface area contributed by atoms with Gasteiger partial charge in [0.2, 0.25) is 0 Å². The molecule has 4 heteroatoms. The molecule has 42 heavy (non-hydrogen) atoms. The number of allylic oxidation sites excluding steroid dienone is 8. The summed E-state index contributed by atoms with van der Waals surface area (Å²) in [7, 11) is 0. The molecule has 226 valence electrons. The number of ketones is 3. The molecule has 0 amide bonds. The highest BCUT2D eigenvalue weighted by Gasteiger charge is 2.75. The molecule has 3 aliphatic rings. The molecule has 1 aromatic rings. The first-order valence-electron chi connectivity index (χ1n) is 15.6. The average molecular weight is 571 g/mol. The van der Waals surface area contributed by atoms with Gasteiger partial charge in [-0.1, -0.05) is 79.1 Å². The first-order valence-corrected chi connectivity index (χ1v) is 15.6. The molecule has 4 nitrogen and oxygen atoms in total. The van der Waals surface area contributed by atoms with Crippen molar-refractivity contribution in [3.05, 3.63) is 82.2 Å². The molecule has 1 saturated carbocycles. The van der Waals surface area contributed by atoms with Crippen molar-refractivity contribution in [1.82, 2.24) is 0 Å². The SMILES string of the molecule is CC(C)=CCCC(C)=CC[C@@]12C[C@@H](CC=C(C)C)C(C)(C)[C@@](C(=O)c3ccccc3)(C(=O)C3=C1OC(C)(C)CC3)C2=O. The molecule has 2 bridgehead atoms. The van der Waals surface area contributed by atoms with Gasteiger partial charge in [-0.25, -0.2) is 0 Å². The van der Waals surface area contributed by atoms with Crippen molar-refractivity contribution in [3.63, 3.8) is 0 Å². The molecule has 1 heterocycles. The lowest BCUT2D eigenvalue weighted by molar-refractivity contribution is -0.170. The number of hydrogen-bond acceptors (Lipinski definition) is 4. The van der Waals surface area contributed by atoms with E-state index in [0.717, 1.165) is 12.8 Å². The van der Waals surface area contributed by atoms with Gasteiger partial charge in [-0.05, 0) is 105 Å². The van der Waals surface area contributed by atoms with Crippen molar-refractivity contribution in [2.45, 2.75) is 113 Å². The first kappa shape index (κ1) is 31.9. The Kier molecular flexibility index (Phi) is 8.80. The Morgan fingerprint density at radius 2 is 1.57 bits per heavy atom. The number of fused-ring (bicyclic) bond motifs is 3. The molecule has 1 aliphatic heterocycles. The molecule has 3 atom stereocenters. The summed E-state index contributed by atoms with van der Waals surface area (Å²) < 4.78 is 6.70. The van der Waals surface area contributed by atoms with E-state index in [1.807, 2.05) is 33.8 Å². The Bertz CT molecular complexity index is 1380. The summed E-state index contributed by atoms with van der Waals surface area (Å²) in [6.45, 7) is 18.5. The Morgan fingerprint density at radius 1 is 0.929 bits per heavy atom. The van der Waals surface area contributed by atoms with Crippen LogP contribution in [0.3, 0.4) is 0 Å². The van der Waals surface area contributed by atoms with Gasteiger partial charge in [0.1, 0.15) is 11.4 Å². The summed E-state index contributed by atoms with van der Waals surface area (Å²) in [4.78, 5) is 45.0. The lowest BCUT2D eigenvalue weighted by atomic mass is 9.39. The van der Waals surface area contributed by atoms with Crippen LogP contribution in [0.15, 0.2) is 76.6 Å². The normalized spacial score (nSPS) is 28.0. The minimum Gasteiger partial charge on any atom is -0.491 e. The summed E-state index contributed by atoms with van der Waals surface area (Å²) in [5, 5.41) is 0. The van der Waals surface area contributed by atoms with E-state index < -0.39 is 21.8 Å². The second-order valence-corrected chi connectivity index (χ2v) is 14.6. The van der Waals surface area contributed by atoms with Gasteiger partial charge in [0.25, 0.3) is 0 Å². The number of rotatable bonds is 9. The Hall–Kier alpha value is -3.01. The van der Waals surface area contributed by atoms with Crippen LogP contribution in [0.2, 0.25) is 0 Å². The van der Waals surface area contributed by atoms with Gasteiger partial charge in [-0.2, -0.15) is 0 Å². The van der Waals surface area contributed by atoms with Gasteiger partial charge >= 0.3 is 0 Å². The fourth-order valence-electron chi connectivity index (χ4n) is 7.44. The van der Waals surface area contributed by atoms with E-state index in [1.165, 1.54) is 16.7 Å². The standard InChI is InChI=1S/C38H50O4/c1-25(2)14-13-15-27(5)20-23-37-24-29(19-18-26(3)4)36(8,9)38(34(37)41,31(39)28-16-11-10-12-17-28)32(40)30-21-22-35(6,7)42-33(30)37/h10-12,14,16-18,20,29H,13,15,19,21-24H2,1-9H3/t29-,37-,38+/m1/s1. The lowest BCUT2D eigenvalue weighted by Crippen LogP contribution is -2.70. The van der Waals surface area contributed by atoms with Crippen molar-refractivity contribution in [1.29, 1.82) is 0 Å². The minimum atomic E-state index is -1.81. The third-order valence-electron chi connectivity index (χ3n) is 10.1. The fraction of sp³-hybridized carbons (Fsp3) is 0.553. The van der Waals surface area contributed by atoms with Crippen LogP contribution in [-0.4, -0.2) is 23.0 Å². The van der Waals surface area contributed by atoms with E-state index in [0.29, 0.717) is 49.0 Å². The topological polar surface area (TPSA) is 60.4 Å². The molecule has 0 spiro atoms. The maximum atomic E-state index is 15.3. The third kappa shape index (κ3) is 5.31. The maximum Gasteiger partial charge on any atom is 0.184 e. The van der Waals surface area contributed by atoms with E-state index in [2.05, 4.69) is 52.8 Å². The van der Waals surface area contributed by atoms with Gasteiger partial charge in [-0.3, -0.25) is 14.4 Å². The molecule has 0 radical (unpaired) electrons. The molecule has 2 aliphatic carbocycles. The molecule has 0 N–H and O–H groups in total. The van der Waals surface area contributed by atoms with E-state index in [4.69, 9.17) is 4.74 Å². The fourth-order valence-corrected chi connectivity index (χ4v) is 7.44. The van der Waals surface area contributed by atoms with Crippen molar-refractivity contribution >= 4 is 17.3 Å². The van der Waals surface area contributed by atoms with Crippen LogP contribution >= 0.6 is 0 Å². The smallest absolute Gasteiger partial charge is 0.184 e. The van der Waals surface area contributed by atoms with Gasteiger partial charge in [-0.15, -0.1) is 0 Å². The summed E-state index contributed by atoms with van der Waals surface area (Å²) >= 11 is 0. The Labute approximate surface area is 253 Å². The molecule has 1 aromatic carbocycles. The van der Waals surface area contributed by atoms with E-state index in [9.17, 15) is 9.59 Å². The molecule has 4 rings (SSSR count). The number of carbonyl (C=O) groups is 3. The van der Waals surface area contributed by atoms with Crippen molar-refractivity contribution in [3.8, 4) is 0 Å². The number of Topliss-reactive ketones (excluding diaryl/α,β-unsaturated/α-hetero) is 3. The van der Waals surface area contributed by atoms with Crippen molar-refractivity contribution in [2.24, 2.45) is 22.2 Å². The summed E-state index contributed by atoms with van der Waals surface area (Å²) in [5.41, 5.74) is 0.379. The van der Waals surface area contributed by atoms with Crippen LogP contribution in [-0.2, 0) is 14.3 Å². The zero-order chi connectivity index (χ0) is 31.1. The van der Waals surface area contributed by atoms with Crippen LogP contribution in [0.4, 0.5) is 0 Å². The van der Waals surface area contributed by atoms with Gasteiger partial charge in [0.15, 0.2) is 22.8 Å². The summed E-state index contributed by atoms with van der Waals surface area (Å²) in [5.74, 6) is -0.508. The Balaban J connectivity index is 1.99. The molecular formula is C38H50O4. The highest BCUT2D eigenvalue weighted by Crippen LogP contribution is 2.67. The van der Waals surface area contributed by atoms with Crippen LogP contribution in [0.1, 0.15) is 118 Å². The number of ether oxygens (including phenoxy) is 1. The summed E-state index contributed by atoms with van der Waals surface area (Å²) in [6, 6.07) is 8.95. The van der Waals surface area contributed by atoms with Crippen molar-refractivity contribution < 1.29 is 19.1 Å². The van der Waals surface area contributed by atoms with Crippen LogP contribution in [0, 0.1) is 22.2 Å². The second-order valence-electron chi connectivity index (χ2n) is 14.6. The van der Waals surface area contributed by atoms with E-state index >= 15 is 4.79 Å². The monoisotopic (exact) mass is 570 g/mol. The average Bonchev–Trinajstić information content (AvgIpc) is 2.91. The number of carbonyl (C=O) groups excluding carboxylic acids is 3. The molecule has 1 fully saturated rings. The predicted octanol–water partition coefficient (Wildman–Crippen LogP) is 9.32.